The van der Waals surface area contributed by atoms with Crippen LogP contribution in [0.3, 0.4) is 0 Å². The van der Waals surface area contributed by atoms with E-state index in [9.17, 15) is 9.59 Å². The van der Waals surface area contributed by atoms with Crippen molar-refractivity contribution in [3.05, 3.63) is 26.4 Å². The SMILES string of the molecule is CCCn1c(SCC(=O)Nc2nc(C)c(C(=O)N(C)C)s2)nnc1-c1csc2c1CCCC2. The van der Waals surface area contributed by atoms with Crippen molar-refractivity contribution in [3.63, 3.8) is 0 Å². The molecule has 0 radical (unpaired) electrons. The fraction of sp³-hybridized carbons (Fsp3) is 0.500. The molecule has 3 aromatic rings. The van der Waals surface area contributed by atoms with Gasteiger partial charge < -0.3 is 14.8 Å². The summed E-state index contributed by atoms with van der Waals surface area (Å²) in [4.78, 5) is 32.7. The Morgan fingerprint density at radius 1 is 1.24 bits per heavy atom. The highest BCUT2D eigenvalue weighted by Gasteiger charge is 2.23. The zero-order chi connectivity index (χ0) is 23.5. The first kappa shape index (κ1) is 23.9. The number of aromatic nitrogens is 4. The van der Waals surface area contributed by atoms with Gasteiger partial charge in [-0.05, 0) is 44.6 Å². The molecule has 1 aliphatic carbocycles. The van der Waals surface area contributed by atoms with Crippen LogP contribution in [-0.4, -0.2) is 56.3 Å². The highest BCUT2D eigenvalue weighted by molar-refractivity contribution is 7.99. The topological polar surface area (TPSA) is 93.0 Å². The lowest BCUT2D eigenvalue weighted by Gasteiger charge is -2.13. The first-order chi connectivity index (χ1) is 15.9. The van der Waals surface area contributed by atoms with Crippen LogP contribution in [0.5, 0.6) is 0 Å². The largest absolute Gasteiger partial charge is 0.344 e. The van der Waals surface area contributed by atoms with Crippen molar-refractivity contribution in [2.24, 2.45) is 0 Å². The van der Waals surface area contributed by atoms with E-state index in [0.29, 0.717) is 15.7 Å². The summed E-state index contributed by atoms with van der Waals surface area (Å²) < 4.78 is 2.14. The number of hydrogen-bond acceptors (Lipinski definition) is 8. The number of thiophene rings is 1. The molecule has 0 spiro atoms. The molecule has 3 heterocycles. The zero-order valence-corrected chi connectivity index (χ0v) is 21.8. The van der Waals surface area contributed by atoms with Crippen molar-refractivity contribution in [3.8, 4) is 11.4 Å². The van der Waals surface area contributed by atoms with Gasteiger partial charge in [-0.15, -0.1) is 21.5 Å². The second-order valence-electron chi connectivity index (χ2n) is 8.19. The third-order valence-electron chi connectivity index (χ3n) is 5.44. The van der Waals surface area contributed by atoms with E-state index < -0.39 is 0 Å². The minimum absolute atomic E-state index is 0.115. The second kappa shape index (κ2) is 10.4. The standard InChI is InChI=1S/C22H28N6O2S3/c1-5-10-28-19(15-11-31-16-9-7-6-8-14(15)16)25-26-22(28)32-12-17(29)24-21-23-13(2)18(33-21)20(30)27(3)4/h11H,5-10,12H2,1-4H3,(H,23,24,29). The summed E-state index contributed by atoms with van der Waals surface area (Å²) in [5.74, 6) is 0.800. The Morgan fingerprint density at radius 3 is 2.79 bits per heavy atom. The van der Waals surface area contributed by atoms with Gasteiger partial charge in [0.15, 0.2) is 16.1 Å². The van der Waals surface area contributed by atoms with E-state index in [-0.39, 0.29) is 17.6 Å². The maximum atomic E-state index is 12.6. The first-order valence-electron chi connectivity index (χ1n) is 11.0. The highest BCUT2D eigenvalue weighted by atomic mass is 32.2. The van der Waals surface area contributed by atoms with Gasteiger partial charge in [0.2, 0.25) is 5.91 Å². The summed E-state index contributed by atoms with van der Waals surface area (Å²) in [6.45, 7) is 4.71. The van der Waals surface area contributed by atoms with E-state index in [1.807, 2.05) is 11.3 Å². The number of amides is 2. The molecule has 0 saturated carbocycles. The summed E-state index contributed by atoms with van der Waals surface area (Å²) in [5, 5.41) is 15.1. The van der Waals surface area contributed by atoms with Crippen LogP contribution >= 0.6 is 34.4 Å². The number of nitrogens with one attached hydrogen (secondary N) is 1. The Kier molecular flexibility index (Phi) is 7.50. The smallest absolute Gasteiger partial charge is 0.265 e. The van der Waals surface area contributed by atoms with Crippen molar-refractivity contribution >= 4 is 51.4 Å². The van der Waals surface area contributed by atoms with E-state index in [2.05, 4.69) is 37.4 Å². The maximum Gasteiger partial charge on any atom is 0.265 e. The van der Waals surface area contributed by atoms with E-state index in [1.165, 1.54) is 56.8 Å². The van der Waals surface area contributed by atoms with Crippen LogP contribution in [0.15, 0.2) is 10.5 Å². The third-order valence-corrected chi connectivity index (χ3v) is 8.56. The number of carbonyl (C=O) groups is 2. The lowest BCUT2D eigenvalue weighted by molar-refractivity contribution is -0.113. The Bertz CT molecular complexity index is 1160. The average molecular weight is 505 g/mol. The van der Waals surface area contributed by atoms with E-state index in [0.717, 1.165) is 36.8 Å². The monoisotopic (exact) mass is 504 g/mol. The quantitative estimate of drug-likeness (QED) is 0.454. The molecule has 33 heavy (non-hydrogen) atoms. The van der Waals surface area contributed by atoms with Gasteiger partial charge in [0.1, 0.15) is 4.88 Å². The first-order valence-corrected chi connectivity index (χ1v) is 13.7. The fourth-order valence-electron chi connectivity index (χ4n) is 3.84. The predicted octanol–water partition coefficient (Wildman–Crippen LogP) is 4.49. The van der Waals surface area contributed by atoms with Crippen LogP contribution in [0.1, 0.15) is 52.0 Å². The normalized spacial score (nSPS) is 13.1. The van der Waals surface area contributed by atoms with Crippen molar-refractivity contribution in [1.29, 1.82) is 0 Å². The van der Waals surface area contributed by atoms with E-state index in [4.69, 9.17) is 0 Å². The van der Waals surface area contributed by atoms with E-state index >= 15 is 0 Å². The number of thiazole rings is 1. The van der Waals surface area contributed by atoms with Crippen molar-refractivity contribution in [2.45, 2.75) is 57.7 Å². The molecule has 176 valence electrons. The summed E-state index contributed by atoms with van der Waals surface area (Å²) in [6.07, 6.45) is 5.69. The molecular formula is C22H28N6O2S3. The number of hydrogen-bond donors (Lipinski definition) is 1. The average Bonchev–Trinajstić information content (AvgIpc) is 3.48. The van der Waals surface area contributed by atoms with E-state index in [1.54, 1.807) is 21.0 Å². The Labute approximate surface area is 205 Å². The van der Waals surface area contributed by atoms with Crippen LogP contribution in [-0.2, 0) is 24.2 Å². The Morgan fingerprint density at radius 2 is 2.03 bits per heavy atom. The lowest BCUT2D eigenvalue weighted by Crippen LogP contribution is -2.21. The van der Waals surface area contributed by atoms with Crippen molar-refractivity contribution in [2.75, 3.05) is 25.2 Å². The molecule has 1 N–H and O–H groups in total. The molecule has 0 fully saturated rings. The molecule has 0 bridgehead atoms. The summed E-state index contributed by atoms with van der Waals surface area (Å²) in [5.41, 5.74) is 3.24. The molecule has 0 atom stereocenters. The van der Waals surface area contributed by atoms with Gasteiger partial charge in [0.05, 0.1) is 11.4 Å². The molecule has 11 heteroatoms. The van der Waals surface area contributed by atoms with Crippen LogP contribution in [0, 0.1) is 6.92 Å². The molecule has 0 aliphatic heterocycles. The second-order valence-corrected chi connectivity index (χ2v) is 11.1. The number of anilines is 1. The molecule has 3 aromatic heterocycles. The molecule has 8 nitrogen and oxygen atoms in total. The number of rotatable bonds is 8. The summed E-state index contributed by atoms with van der Waals surface area (Å²) in [7, 11) is 3.39. The van der Waals surface area contributed by atoms with Gasteiger partial charge in [0.25, 0.3) is 5.91 Å². The van der Waals surface area contributed by atoms with Gasteiger partial charge in [-0.25, -0.2) is 4.98 Å². The predicted molar refractivity (Wildman–Crippen MR) is 134 cm³/mol. The molecular weight excluding hydrogens is 476 g/mol. The lowest BCUT2D eigenvalue weighted by atomic mass is 9.95. The molecule has 2 amide bonds. The number of thioether (sulfide) groups is 1. The van der Waals surface area contributed by atoms with Crippen LogP contribution in [0.25, 0.3) is 11.4 Å². The van der Waals surface area contributed by atoms with Gasteiger partial charge in [-0.2, -0.15) is 0 Å². The minimum Gasteiger partial charge on any atom is -0.344 e. The molecule has 0 aromatic carbocycles. The highest BCUT2D eigenvalue weighted by Crippen LogP contribution is 2.37. The molecule has 0 unspecified atom stereocenters. The van der Waals surface area contributed by atoms with Gasteiger partial charge >= 0.3 is 0 Å². The molecule has 4 rings (SSSR count). The van der Waals surface area contributed by atoms with Crippen molar-refractivity contribution in [1.82, 2.24) is 24.6 Å². The van der Waals surface area contributed by atoms with Crippen LogP contribution in [0.4, 0.5) is 5.13 Å². The summed E-state index contributed by atoms with van der Waals surface area (Å²) >= 11 is 4.40. The number of fused-ring (bicyclic) bond motifs is 1. The van der Waals surface area contributed by atoms with Crippen LogP contribution in [0.2, 0.25) is 0 Å². The zero-order valence-electron chi connectivity index (χ0n) is 19.3. The van der Waals surface area contributed by atoms with Crippen molar-refractivity contribution < 1.29 is 9.59 Å². The van der Waals surface area contributed by atoms with Gasteiger partial charge in [-0.3, -0.25) is 9.59 Å². The van der Waals surface area contributed by atoms with Crippen LogP contribution < -0.4 is 5.32 Å². The third kappa shape index (κ3) is 5.15. The maximum absolute atomic E-state index is 12.6. The summed E-state index contributed by atoms with van der Waals surface area (Å²) in [6, 6.07) is 0. The number of aryl methyl sites for hydroxylation is 2. The Hall–Kier alpha value is -2.24. The molecule has 1 aliphatic rings. The molecule has 0 saturated heterocycles. The number of carbonyl (C=O) groups excluding carboxylic acids is 2. The Balaban J connectivity index is 1.46. The number of nitrogens with zero attached hydrogens (tertiary/aromatic N) is 5. The minimum atomic E-state index is -0.182. The fourth-order valence-corrected chi connectivity index (χ4v) is 6.73. The van der Waals surface area contributed by atoms with Gasteiger partial charge in [0, 0.05) is 36.5 Å². The van der Waals surface area contributed by atoms with Gasteiger partial charge in [-0.1, -0.05) is 30.0 Å².